The molecular weight excluding hydrogens is 258 g/mol. The molecule has 3 rings (SSSR count). The number of rotatable bonds is 4. The number of nitrogens with zero attached hydrogens (tertiary/aromatic N) is 3. The first kappa shape index (κ1) is 12.4. The topological polar surface area (TPSA) is 98.3 Å². The van der Waals surface area contributed by atoms with Crippen LogP contribution in [0.15, 0.2) is 41.5 Å². The van der Waals surface area contributed by atoms with E-state index >= 15 is 0 Å². The van der Waals surface area contributed by atoms with Gasteiger partial charge in [-0.2, -0.15) is 4.52 Å². The van der Waals surface area contributed by atoms with Gasteiger partial charge in [0, 0.05) is 12.6 Å². The van der Waals surface area contributed by atoms with E-state index in [2.05, 4.69) is 15.1 Å². The van der Waals surface area contributed by atoms with Gasteiger partial charge in [0.25, 0.3) is 11.3 Å². The van der Waals surface area contributed by atoms with Gasteiger partial charge in [-0.3, -0.25) is 9.89 Å². The highest BCUT2D eigenvalue weighted by molar-refractivity contribution is 5.29. The fourth-order valence-electron chi connectivity index (χ4n) is 1.86. The lowest BCUT2D eigenvalue weighted by atomic mass is 10.2. The van der Waals surface area contributed by atoms with Crippen LogP contribution in [-0.4, -0.2) is 19.6 Å². The summed E-state index contributed by atoms with van der Waals surface area (Å²) in [6.07, 6.45) is 1.42. The van der Waals surface area contributed by atoms with Crippen LogP contribution in [0.25, 0.3) is 5.78 Å². The first-order valence-electron chi connectivity index (χ1n) is 6.10. The van der Waals surface area contributed by atoms with Crippen LogP contribution in [0.4, 0.5) is 0 Å². The van der Waals surface area contributed by atoms with Crippen molar-refractivity contribution in [3.63, 3.8) is 0 Å². The van der Waals surface area contributed by atoms with Crippen molar-refractivity contribution in [3.8, 4) is 5.75 Å². The summed E-state index contributed by atoms with van der Waals surface area (Å²) in [5.41, 5.74) is 6.86. The van der Waals surface area contributed by atoms with Gasteiger partial charge in [0.15, 0.2) is 0 Å². The average molecular weight is 271 g/mol. The Labute approximate surface area is 114 Å². The SMILES string of the molecule is NCc1cccc(OCc2cc(=O)n3[nH]cnc3n2)c1. The van der Waals surface area contributed by atoms with Crippen molar-refractivity contribution in [1.29, 1.82) is 0 Å². The minimum Gasteiger partial charge on any atom is -0.487 e. The first-order valence-corrected chi connectivity index (χ1v) is 6.10. The number of aromatic amines is 1. The Morgan fingerprint density at radius 1 is 1.35 bits per heavy atom. The molecule has 2 heterocycles. The molecule has 0 atom stereocenters. The van der Waals surface area contributed by atoms with Crippen molar-refractivity contribution in [2.75, 3.05) is 0 Å². The monoisotopic (exact) mass is 271 g/mol. The summed E-state index contributed by atoms with van der Waals surface area (Å²) < 4.78 is 6.87. The molecular formula is C13H13N5O2. The van der Waals surface area contributed by atoms with Crippen LogP contribution < -0.4 is 16.0 Å². The van der Waals surface area contributed by atoms with Crippen molar-refractivity contribution in [3.05, 3.63) is 58.3 Å². The van der Waals surface area contributed by atoms with E-state index in [0.29, 0.717) is 23.8 Å². The third-order valence-corrected chi connectivity index (χ3v) is 2.84. The Hall–Kier alpha value is -2.67. The molecule has 2 aromatic heterocycles. The van der Waals surface area contributed by atoms with E-state index in [-0.39, 0.29) is 12.2 Å². The van der Waals surface area contributed by atoms with E-state index < -0.39 is 0 Å². The molecule has 0 bridgehead atoms. The summed E-state index contributed by atoms with van der Waals surface area (Å²) in [5, 5.41) is 2.68. The van der Waals surface area contributed by atoms with Crippen molar-refractivity contribution < 1.29 is 4.74 Å². The molecule has 3 N–H and O–H groups in total. The van der Waals surface area contributed by atoms with Crippen molar-refractivity contribution >= 4 is 5.78 Å². The quantitative estimate of drug-likeness (QED) is 0.718. The smallest absolute Gasteiger partial charge is 0.274 e. The Morgan fingerprint density at radius 2 is 2.25 bits per heavy atom. The highest BCUT2D eigenvalue weighted by atomic mass is 16.5. The normalized spacial score (nSPS) is 10.8. The largest absolute Gasteiger partial charge is 0.487 e. The third kappa shape index (κ3) is 2.39. The van der Waals surface area contributed by atoms with Crippen LogP contribution in [-0.2, 0) is 13.2 Å². The van der Waals surface area contributed by atoms with E-state index in [1.807, 2.05) is 24.3 Å². The van der Waals surface area contributed by atoms with Crippen LogP contribution in [0.5, 0.6) is 5.75 Å². The van der Waals surface area contributed by atoms with Gasteiger partial charge in [-0.25, -0.2) is 9.97 Å². The predicted molar refractivity (Wildman–Crippen MR) is 72.3 cm³/mol. The van der Waals surface area contributed by atoms with Crippen LogP contribution in [0.3, 0.4) is 0 Å². The molecule has 0 aliphatic rings. The van der Waals surface area contributed by atoms with E-state index in [4.69, 9.17) is 10.5 Å². The second kappa shape index (κ2) is 5.14. The number of benzene rings is 1. The Bertz CT molecular complexity index is 793. The number of fused-ring (bicyclic) bond motifs is 1. The fourth-order valence-corrected chi connectivity index (χ4v) is 1.86. The second-order valence-electron chi connectivity index (χ2n) is 4.25. The predicted octanol–water partition coefficient (Wildman–Crippen LogP) is 0.455. The maximum absolute atomic E-state index is 11.8. The van der Waals surface area contributed by atoms with E-state index in [1.165, 1.54) is 16.9 Å². The highest BCUT2D eigenvalue weighted by Gasteiger charge is 2.05. The van der Waals surface area contributed by atoms with E-state index in [9.17, 15) is 4.79 Å². The molecule has 3 aromatic rings. The lowest BCUT2D eigenvalue weighted by Gasteiger charge is -2.06. The molecule has 0 unspecified atom stereocenters. The molecule has 0 saturated carbocycles. The summed E-state index contributed by atoms with van der Waals surface area (Å²) in [4.78, 5) is 19.9. The number of hydrogen-bond acceptors (Lipinski definition) is 5. The van der Waals surface area contributed by atoms with Crippen LogP contribution in [0, 0.1) is 0 Å². The molecule has 1 aromatic carbocycles. The fraction of sp³-hybridized carbons (Fsp3) is 0.154. The zero-order valence-electron chi connectivity index (χ0n) is 10.6. The van der Waals surface area contributed by atoms with Crippen LogP contribution in [0.2, 0.25) is 0 Å². The lowest BCUT2D eigenvalue weighted by molar-refractivity contribution is 0.301. The van der Waals surface area contributed by atoms with Gasteiger partial charge in [-0.05, 0) is 17.7 Å². The number of aromatic nitrogens is 4. The van der Waals surface area contributed by atoms with Crippen molar-refractivity contribution in [1.82, 2.24) is 19.6 Å². The Kier molecular flexibility index (Phi) is 3.18. The summed E-state index contributed by atoms with van der Waals surface area (Å²) in [6.45, 7) is 0.655. The molecule has 7 heteroatoms. The van der Waals surface area contributed by atoms with Crippen LogP contribution >= 0.6 is 0 Å². The van der Waals surface area contributed by atoms with Gasteiger partial charge in [0.2, 0.25) is 0 Å². The van der Waals surface area contributed by atoms with Gasteiger partial charge >= 0.3 is 0 Å². The molecule has 0 fully saturated rings. The summed E-state index contributed by atoms with van der Waals surface area (Å²) >= 11 is 0. The molecule has 0 radical (unpaired) electrons. The molecule has 0 aliphatic heterocycles. The van der Waals surface area contributed by atoms with Gasteiger partial charge < -0.3 is 10.5 Å². The van der Waals surface area contributed by atoms with Crippen LogP contribution in [0.1, 0.15) is 11.3 Å². The molecule has 0 saturated heterocycles. The van der Waals surface area contributed by atoms with Gasteiger partial charge in [0.05, 0.1) is 5.69 Å². The van der Waals surface area contributed by atoms with Crippen molar-refractivity contribution in [2.45, 2.75) is 13.2 Å². The zero-order valence-corrected chi connectivity index (χ0v) is 10.6. The van der Waals surface area contributed by atoms with Gasteiger partial charge in [-0.15, -0.1) is 0 Å². The molecule has 20 heavy (non-hydrogen) atoms. The number of ether oxygens (including phenoxy) is 1. The lowest BCUT2D eigenvalue weighted by Crippen LogP contribution is -2.16. The number of hydrogen-bond donors (Lipinski definition) is 2. The summed E-state index contributed by atoms with van der Waals surface area (Å²) in [7, 11) is 0. The maximum Gasteiger partial charge on any atom is 0.274 e. The minimum atomic E-state index is -0.221. The number of H-pyrrole nitrogens is 1. The number of nitrogens with two attached hydrogens (primary N) is 1. The Balaban J connectivity index is 1.80. The molecule has 0 spiro atoms. The molecule has 7 nitrogen and oxygen atoms in total. The molecule has 102 valence electrons. The number of nitrogens with one attached hydrogen (secondary N) is 1. The Morgan fingerprint density at radius 3 is 3.10 bits per heavy atom. The van der Waals surface area contributed by atoms with E-state index in [0.717, 1.165) is 5.56 Å². The van der Waals surface area contributed by atoms with Gasteiger partial charge in [-0.1, -0.05) is 12.1 Å². The highest BCUT2D eigenvalue weighted by Crippen LogP contribution is 2.14. The average Bonchev–Trinajstić information content (AvgIpc) is 2.94. The maximum atomic E-state index is 11.8. The molecule has 0 amide bonds. The van der Waals surface area contributed by atoms with Gasteiger partial charge in [0.1, 0.15) is 18.7 Å². The van der Waals surface area contributed by atoms with E-state index in [1.54, 1.807) is 0 Å². The summed E-state index contributed by atoms with van der Waals surface area (Å²) in [5.74, 6) is 1.02. The second-order valence-corrected chi connectivity index (χ2v) is 4.25. The summed E-state index contributed by atoms with van der Waals surface area (Å²) in [6, 6.07) is 8.90. The third-order valence-electron chi connectivity index (χ3n) is 2.84. The first-order chi connectivity index (χ1) is 9.76. The minimum absolute atomic E-state index is 0.201. The zero-order chi connectivity index (χ0) is 13.9. The molecule has 0 aliphatic carbocycles. The standard InChI is InChI=1S/C13H13N5O2/c14-6-9-2-1-3-11(4-9)20-7-10-5-12(19)18-13(17-10)15-8-16-18/h1-5,8H,6-7,14H2,(H,15,16,17). The van der Waals surface area contributed by atoms with Crippen molar-refractivity contribution in [2.24, 2.45) is 5.73 Å².